The van der Waals surface area contributed by atoms with Crippen LogP contribution < -0.4 is 5.32 Å². The zero-order valence-corrected chi connectivity index (χ0v) is 14.7. The molecule has 1 N–H and O–H groups in total. The highest BCUT2D eigenvalue weighted by atomic mass is 19.1. The van der Waals surface area contributed by atoms with E-state index in [1.165, 1.54) is 12.1 Å². The number of hydrogen-bond acceptors (Lipinski definition) is 3. The molecular formula is C18H24BF2NO2. The van der Waals surface area contributed by atoms with E-state index in [0.717, 1.165) is 12.8 Å². The van der Waals surface area contributed by atoms with Crippen LogP contribution >= 0.6 is 0 Å². The molecule has 130 valence electrons. The van der Waals surface area contributed by atoms with Crippen molar-refractivity contribution in [3.63, 3.8) is 0 Å². The highest BCUT2D eigenvalue weighted by molar-refractivity contribution is 6.55. The second-order valence-corrected chi connectivity index (χ2v) is 7.58. The van der Waals surface area contributed by atoms with Crippen molar-refractivity contribution < 1.29 is 18.1 Å². The lowest BCUT2D eigenvalue weighted by atomic mass is 9.82. The van der Waals surface area contributed by atoms with Crippen LogP contribution in [0.25, 0.3) is 5.57 Å². The second kappa shape index (κ2) is 6.25. The fourth-order valence-electron chi connectivity index (χ4n) is 2.60. The molecule has 0 amide bonds. The van der Waals surface area contributed by atoms with Gasteiger partial charge in [0.05, 0.1) is 11.2 Å². The van der Waals surface area contributed by atoms with E-state index >= 15 is 4.39 Å². The van der Waals surface area contributed by atoms with Crippen LogP contribution in [0.5, 0.6) is 0 Å². The summed E-state index contributed by atoms with van der Waals surface area (Å²) in [7, 11) is -1.05. The fraction of sp³-hybridized carbons (Fsp3) is 0.556. The van der Waals surface area contributed by atoms with Gasteiger partial charge in [-0.3, -0.25) is 0 Å². The Hall–Kier alpha value is -1.24. The molecule has 0 unspecified atom stereocenters. The summed E-state index contributed by atoms with van der Waals surface area (Å²) in [5, 5.41) is 3.31. The minimum absolute atomic E-state index is 0.343. The lowest BCUT2D eigenvalue weighted by molar-refractivity contribution is 0.00578. The minimum atomic E-state index is -1.05. The summed E-state index contributed by atoms with van der Waals surface area (Å²) >= 11 is 0. The molecular weight excluding hydrogens is 311 g/mol. The van der Waals surface area contributed by atoms with Crippen LogP contribution in [0, 0.1) is 5.82 Å². The van der Waals surface area contributed by atoms with Gasteiger partial charge in [-0.15, -0.1) is 0 Å². The zero-order chi connectivity index (χ0) is 17.5. The number of hydrogen-bond donors (Lipinski definition) is 1. The van der Waals surface area contributed by atoms with Crippen molar-refractivity contribution in [2.75, 3.05) is 6.54 Å². The van der Waals surface area contributed by atoms with Gasteiger partial charge in [-0.25, -0.2) is 8.78 Å². The first-order valence-corrected chi connectivity index (χ1v) is 8.43. The molecule has 1 aliphatic carbocycles. The van der Waals surface area contributed by atoms with Crippen molar-refractivity contribution in [3.05, 3.63) is 41.4 Å². The number of nitrogens with one attached hydrogen (secondary N) is 1. The molecule has 1 saturated carbocycles. The monoisotopic (exact) mass is 335 g/mol. The molecule has 1 aromatic rings. The lowest BCUT2D eigenvalue weighted by Gasteiger charge is -2.32. The van der Waals surface area contributed by atoms with Gasteiger partial charge in [0.25, 0.3) is 0 Å². The first kappa shape index (κ1) is 17.6. The van der Waals surface area contributed by atoms with E-state index in [2.05, 4.69) is 5.32 Å². The molecule has 3 rings (SSSR count). The first-order valence-electron chi connectivity index (χ1n) is 8.43. The van der Waals surface area contributed by atoms with Crippen LogP contribution in [-0.2, 0) is 9.31 Å². The maximum atomic E-state index is 15.2. The van der Waals surface area contributed by atoms with Crippen LogP contribution in [0.4, 0.5) is 8.78 Å². The molecule has 0 spiro atoms. The van der Waals surface area contributed by atoms with E-state index in [4.69, 9.17) is 9.31 Å². The third-order valence-electron chi connectivity index (χ3n) is 5.09. The van der Waals surface area contributed by atoms with Gasteiger partial charge >= 0.3 is 7.12 Å². The van der Waals surface area contributed by atoms with Gasteiger partial charge in [0, 0.05) is 18.2 Å². The minimum Gasteiger partial charge on any atom is -0.398 e. The van der Waals surface area contributed by atoms with Gasteiger partial charge in [-0.1, -0.05) is 12.1 Å². The van der Waals surface area contributed by atoms with Crippen LogP contribution in [0.2, 0.25) is 0 Å². The highest BCUT2D eigenvalue weighted by Gasteiger charge is 2.53. The predicted octanol–water partition coefficient (Wildman–Crippen LogP) is 3.89. The maximum Gasteiger partial charge on any atom is 0.525 e. The standard InChI is InChI=1S/C18H24BF2NO2/c1-17(2)18(3,4)24-19(23-17)16(21)15(11-22-14-9-10-14)12-5-7-13(20)8-6-12/h5-8,14,22H,9-11H2,1-4H3. The summed E-state index contributed by atoms with van der Waals surface area (Å²) in [6.07, 6.45) is 2.21. The van der Waals surface area contributed by atoms with E-state index in [1.807, 2.05) is 27.7 Å². The van der Waals surface area contributed by atoms with E-state index in [-0.39, 0.29) is 5.82 Å². The summed E-state index contributed by atoms with van der Waals surface area (Å²) in [6, 6.07) is 6.29. The summed E-state index contributed by atoms with van der Waals surface area (Å²) in [5.74, 6) is -0.343. The summed E-state index contributed by atoms with van der Waals surface area (Å²) in [6.45, 7) is 7.92. The Labute approximate surface area is 142 Å². The molecule has 3 nitrogen and oxygen atoms in total. The van der Waals surface area contributed by atoms with Crippen molar-refractivity contribution in [1.82, 2.24) is 5.32 Å². The second-order valence-electron chi connectivity index (χ2n) is 7.58. The molecule has 0 radical (unpaired) electrons. The average Bonchev–Trinajstić information content (AvgIpc) is 3.28. The molecule has 0 atom stereocenters. The van der Waals surface area contributed by atoms with Gasteiger partial charge in [-0.2, -0.15) is 0 Å². The Balaban J connectivity index is 1.90. The topological polar surface area (TPSA) is 30.5 Å². The Morgan fingerprint density at radius 2 is 1.67 bits per heavy atom. The SMILES string of the molecule is CC1(C)OB(C(F)=C(CNC2CC2)c2ccc(F)cc2)OC1(C)C. The number of halogens is 2. The summed E-state index contributed by atoms with van der Waals surface area (Å²) < 4.78 is 40.1. The Morgan fingerprint density at radius 3 is 2.17 bits per heavy atom. The van der Waals surface area contributed by atoms with Crippen molar-refractivity contribution >= 4 is 12.7 Å². The molecule has 0 bridgehead atoms. The van der Waals surface area contributed by atoms with Gasteiger partial charge < -0.3 is 14.6 Å². The highest BCUT2D eigenvalue weighted by Crippen LogP contribution is 2.40. The molecule has 1 saturated heterocycles. The molecule has 2 fully saturated rings. The zero-order valence-electron chi connectivity index (χ0n) is 14.7. The van der Waals surface area contributed by atoms with E-state index in [0.29, 0.717) is 23.7 Å². The summed E-state index contributed by atoms with van der Waals surface area (Å²) in [4.78, 5) is 0. The fourth-order valence-corrected chi connectivity index (χ4v) is 2.60. The number of rotatable bonds is 5. The Bertz CT molecular complexity index is 623. The van der Waals surface area contributed by atoms with Crippen molar-refractivity contribution in [3.8, 4) is 0 Å². The van der Waals surface area contributed by atoms with Gasteiger partial charge in [-0.05, 0) is 58.2 Å². The van der Waals surface area contributed by atoms with Crippen LogP contribution in [-0.4, -0.2) is 30.9 Å². The van der Waals surface area contributed by atoms with Crippen LogP contribution in [0.15, 0.2) is 30.0 Å². The number of benzene rings is 1. The normalized spacial score (nSPS) is 23.3. The van der Waals surface area contributed by atoms with Gasteiger partial charge in [0.2, 0.25) is 0 Å². The van der Waals surface area contributed by atoms with E-state index in [9.17, 15) is 4.39 Å². The maximum absolute atomic E-state index is 15.2. The first-order chi connectivity index (χ1) is 11.2. The van der Waals surface area contributed by atoms with Crippen LogP contribution in [0.3, 0.4) is 0 Å². The Morgan fingerprint density at radius 1 is 1.12 bits per heavy atom. The molecule has 6 heteroatoms. The molecule has 2 aliphatic rings. The predicted molar refractivity (Wildman–Crippen MR) is 91.5 cm³/mol. The molecule has 1 aromatic carbocycles. The molecule has 1 heterocycles. The third-order valence-corrected chi connectivity index (χ3v) is 5.09. The van der Waals surface area contributed by atoms with Crippen LogP contribution in [0.1, 0.15) is 46.1 Å². The van der Waals surface area contributed by atoms with E-state index < -0.39 is 24.0 Å². The van der Waals surface area contributed by atoms with Crippen molar-refractivity contribution in [2.45, 2.75) is 57.8 Å². The smallest absolute Gasteiger partial charge is 0.398 e. The summed E-state index contributed by atoms with van der Waals surface area (Å²) in [5.41, 5.74) is -0.565. The molecule has 0 aromatic heterocycles. The quantitative estimate of drug-likeness (QED) is 0.828. The molecule has 24 heavy (non-hydrogen) atoms. The third kappa shape index (κ3) is 3.56. The molecule has 1 aliphatic heterocycles. The average molecular weight is 335 g/mol. The largest absolute Gasteiger partial charge is 0.525 e. The van der Waals surface area contributed by atoms with Crippen molar-refractivity contribution in [1.29, 1.82) is 0 Å². The van der Waals surface area contributed by atoms with E-state index in [1.54, 1.807) is 12.1 Å². The lowest BCUT2D eigenvalue weighted by Crippen LogP contribution is -2.41. The van der Waals surface area contributed by atoms with Gasteiger partial charge in [0.15, 0.2) is 0 Å². The Kier molecular flexibility index (Phi) is 4.58. The van der Waals surface area contributed by atoms with Crippen molar-refractivity contribution in [2.24, 2.45) is 0 Å². The van der Waals surface area contributed by atoms with Gasteiger partial charge in [0.1, 0.15) is 11.5 Å².